The Kier molecular flexibility index (Phi) is 4.84. The second kappa shape index (κ2) is 6.86. The van der Waals surface area contributed by atoms with Gasteiger partial charge in [-0.25, -0.2) is 8.78 Å². The molecular weight excluding hydrogens is 322 g/mol. The summed E-state index contributed by atoms with van der Waals surface area (Å²) in [6.07, 6.45) is 1.99. The van der Waals surface area contributed by atoms with Crippen molar-refractivity contribution in [2.24, 2.45) is 0 Å². The normalized spacial score (nSPS) is 21.0. The molecule has 1 aromatic rings. The van der Waals surface area contributed by atoms with Crippen LogP contribution in [0.25, 0.3) is 0 Å². The number of thioether (sulfide) groups is 1. The largest absolute Gasteiger partial charge is 0.341 e. The number of amides is 2. The van der Waals surface area contributed by atoms with E-state index in [2.05, 4.69) is 0 Å². The van der Waals surface area contributed by atoms with Crippen LogP contribution < -0.4 is 0 Å². The Labute approximate surface area is 137 Å². The van der Waals surface area contributed by atoms with Crippen LogP contribution in [0, 0.1) is 11.6 Å². The summed E-state index contributed by atoms with van der Waals surface area (Å²) in [7, 11) is 0. The molecule has 2 saturated heterocycles. The predicted octanol–water partition coefficient (Wildman–Crippen LogP) is 2.03. The van der Waals surface area contributed by atoms with Crippen molar-refractivity contribution in [3.8, 4) is 0 Å². The number of halogens is 2. The van der Waals surface area contributed by atoms with Crippen molar-refractivity contribution in [3.05, 3.63) is 35.4 Å². The number of nitrogens with zero attached hydrogens (tertiary/aromatic N) is 2. The molecule has 0 radical (unpaired) electrons. The molecule has 0 N–H and O–H groups in total. The number of hydrogen-bond donors (Lipinski definition) is 0. The Morgan fingerprint density at radius 1 is 1.17 bits per heavy atom. The van der Waals surface area contributed by atoms with Crippen LogP contribution in [-0.2, 0) is 16.0 Å². The highest BCUT2D eigenvalue weighted by molar-refractivity contribution is 7.99. The van der Waals surface area contributed by atoms with Crippen molar-refractivity contribution in [1.82, 2.24) is 9.80 Å². The molecular formula is C16H18F2N2O2S. The van der Waals surface area contributed by atoms with Gasteiger partial charge in [0.1, 0.15) is 6.04 Å². The van der Waals surface area contributed by atoms with Crippen molar-refractivity contribution in [2.75, 3.05) is 24.7 Å². The maximum atomic E-state index is 13.3. The summed E-state index contributed by atoms with van der Waals surface area (Å²) in [6, 6.07) is 3.02. The molecule has 0 spiro atoms. The van der Waals surface area contributed by atoms with Gasteiger partial charge in [-0.1, -0.05) is 6.07 Å². The molecule has 2 amide bonds. The van der Waals surface area contributed by atoms with Crippen LogP contribution in [0.1, 0.15) is 18.4 Å². The maximum absolute atomic E-state index is 13.3. The summed E-state index contributed by atoms with van der Waals surface area (Å²) in [6.45, 7) is 1.51. The fourth-order valence-electron chi connectivity index (χ4n) is 2.97. The summed E-state index contributed by atoms with van der Waals surface area (Å²) in [5, 5.41) is 0. The molecule has 2 aliphatic heterocycles. The number of carbonyl (C=O) groups excluding carboxylic acids is 2. The second-order valence-corrected chi connectivity index (χ2v) is 6.84. The average Bonchev–Trinajstić information content (AvgIpc) is 3.21. The van der Waals surface area contributed by atoms with Gasteiger partial charge in [0.05, 0.1) is 12.3 Å². The lowest BCUT2D eigenvalue weighted by atomic mass is 10.1. The molecule has 23 heavy (non-hydrogen) atoms. The highest BCUT2D eigenvalue weighted by atomic mass is 32.2. The van der Waals surface area contributed by atoms with Crippen molar-refractivity contribution in [3.63, 3.8) is 0 Å². The van der Waals surface area contributed by atoms with Crippen molar-refractivity contribution in [1.29, 1.82) is 0 Å². The molecule has 0 bridgehead atoms. The molecule has 7 heteroatoms. The van der Waals surface area contributed by atoms with Crippen molar-refractivity contribution < 1.29 is 18.4 Å². The highest BCUT2D eigenvalue weighted by Gasteiger charge is 2.37. The first-order chi connectivity index (χ1) is 11.1. The molecule has 0 unspecified atom stereocenters. The van der Waals surface area contributed by atoms with Gasteiger partial charge in [0, 0.05) is 18.8 Å². The van der Waals surface area contributed by atoms with E-state index in [1.165, 1.54) is 6.07 Å². The third kappa shape index (κ3) is 3.49. The van der Waals surface area contributed by atoms with E-state index in [1.54, 1.807) is 16.7 Å². The lowest BCUT2D eigenvalue weighted by Crippen LogP contribution is -2.48. The fraction of sp³-hybridized carbons (Fsp3) is 0.500. The zero-order chi connectivity index (χ0) is 16.4. The zero-order valence-electron chi connectivity index (χ0n) is 12.6. The summed E-state index contributed by atoms with van der Waals surface area (Å²) in [4.78, 5) is 28.4. The fourth-order valence-corrected chi connectivity index (χ4v) is 4.14. The minimum atomic E-state index is -0.962. The van der Waals surface area contributed by atoms with Crippen LogP contribution in [0.5, 0.6) is 0 Å². The molecule has 2 aliphatic rings. The topological polar surface area (TPSA) is 40.6 Å². The number of hydrogen-bond acceptors (Lipinski definition) is 3. The van der Waals surface area contributed by atoms with E-state index in [-0.39, 0.29) is 18.2 Å². The van der Waals surface area contributed by atoms with E-state index in [0.717, 1.165) is 38.1 Å². The van der Waals surface area contributed by atoms with Crippen LogP contribution in [0.4, 0.5) is 8.78 Å². The van der Waals surface area contributed by atoms with Crippen LogP contribution >= 0.6 is 11.8 Å². The molecule has 4 nitrogen and oxygen atoms in total. The lowest BCUT2D eigenvalue weighted by Gasteiger charge is -2.27. The molecule has 1 atom stereocenters. The van der Waals surface area contributed by atoms with E-state index < -0.39 is 17.7 Å². The molecule has 0 aliphatic carbocycles. The van der Waals surface area contributed by atoms with Crippen LogP contribution in [0.15, 0.2) is 18.2 Å². The van der Waals surface area contributed by atoms with Crippen molar-refractivity contribution in [2.45, 2.75) is 25.3 Å². The predicted molar refractivity (Wildman–Crippen MR) is 83.8 cm³/mol. The Bertz CT molecular complexity index is 620. The Morgan fingerprint density at radius 2 is 1.91 bits per heavy atom. The maximum Gasteiger partial charge on any atom is 0.246 e. The third-order valence-electron chi connectivity index (χ3n) is 4.24. The van der Waals surface area contributed by atoms with Crippen LogP contribution in [0.3, 0.4) is 0 Å². The van der Waals surface area contributed by atoms with Gasteiger partial charge in [-0.05, 0) is 30.5 Å². The number of benzene rings is 1. The van der Waals surface area contributed by atoms with E-state index in [9.17, 15) is 18.4 Å². The zero-order valence-corrected chi connectivity index (χ0v) is 13.5. The Hall–Kier alpha value is -1.63. The van der Waals surface area contributed by atoms with Gasteiger partial charge < -0.3 is 9.80 Å². The molecule has 0 saturated carbocycles. The number of likely N-dealkylation sites (tertiary alicyclic amines) is 1. The van der Waals surface area contributed by atoms with Gasteiger partial charge in [-0.3, -0.25) is 9.59 Å². The quantitative estimate of drug-likeness (QED) is 0.845. The summed E-state index contributed by atoms with van der Waals surface area (Å²) in [5.74, 6) is -1.05. The molecule has 2 heterocycles. The van der Waals surface area contributed by atoms with E-state index in [0.29, 0.717) is 17.2 Å². The smallest absolute Gasteiger partial charge is 0.246 e. The SMILES string of the molecule is O=C([C@H]1CSCN1C(=O)Cc1ccc(F)c(F)c1)N1CCCC1. The summed E-state index contributed by atoms with van der Waals surface area (Å²) in [5.41, 5.74) is 0.415. The molecule has 3 rings (SSSR count). The highest BCUT2D eigenvalue weighted by Crippen LogP contribution is 2.25. The van der Waals surface area contributed by atoms with Crippen LogP contribution in [0.2, 0.25) is 0 Å². The monoisotopic (exact) mass is 340 g/mol. The van der Waals surface area contributed by atoms with Crippen molar-refractivity contribution >= 4 is 23.6 Å². The molecule has 2 fully saturated rings. The Morgan fingerprint density at radius 3 is 2.61 bits per heavy atom. The second-order valence-electron chi connectivity index (χ2n) is 5.84. The first kappa shape index (κ1) is 16.2. The summed E-state index contributed by atoms with van der Waals surface area (Å²) < 4.78 is 26.2. The minimum Gasteiger partial charge on any atom is -0.341 e. The first-order valence-corrected chi connectivity index (χ1v) is 8.81. The van der Waals surface area contributed by atoms with Gasteiger partial charge in [0.2, 0.25) is 11.8 Å². The van der Waals surface area contributed by atoms with Gasteiger partial charge >= 0.3 is 0 Å². The molecule has 1 aromatic carbocycles. The molecule has 0 aromatic heterocycles. The van der Waals surface area contributed by atoms with E-state index >= 15 is 0 Å². The number of carbonyl (C=O) groups is 2. The average molecular weight is 340 g/mol. The standard InChI is InChI=1S/C16H18F2N2O2S/c17-12-4-3-11(7-13(12)18)8-15(21)20-10-23-9-14(20)16(22)19-5-1-2-6-19/h3-4,7,14H,1-2,5-6,8-10H2/t14-/m1/s1. The lowest BCUT2D eigenvalue weighted by molar-refractivity contribution is -0.142. The summed E-state index contributed by atoms with van der Waals surface area (Å²) >= 11 is 1.55. The third-order valence-corrected chi connectivity index (χ3v) is 5.26. The van der Waals surface area contributed by atoms with Crippen LogP contribution in [-0.4, -0.2) is 52.4 Å². The number of rotatable bonds is 3. The van der Waals surface area contributed by atoms with E-state index in [1.807, 2.05) is 4.90 Å². The Balaban J connectivity index is 1.67. The van der Waals surface area contributed by atoms with Gasteiger partial charge in [0.25, 0.3) is 0 Å². The van der Waals surface area contributed by atoms with E-state index in [4.69, 9.17) is 0 Å². The first-order valence-electron chi connectivity index (χ1n) is 7.66. The van der Waals surface area contributed by atoms with Gasteiger partial charge in [-0.2, -0.15) is 0 Å². The van der Waals surface area contributed by atoms with Gasteiger partial charge in [0.15, 0.2) is 11.6 Å². The molecule has 124 valence electrons. The van der Waals surface area contributed by atoms with Gasteiger partial charge in [-0.15, -0.1) is 11.8 Å². The minimum absolute atomic E-state index is 0.00568.